The molecule has 0 spiro atoms. The van der Waals surface area contributed by atoms with Gasteiger partial charge in [0.15, 0.2) is 23.5 Å². The predicted molar refractivity (Wildman–Crippen MR) is 135 cm³/mol. The molecule has 0 radical (unpaired) electrons. The summed E-state index contributed by atoms with van der Waals surface area (Å²) < 4.78 is 98.9. The van der Waals surface area contributed by atoms with Gasteiger partial charge in [-0.2, -0.15) is 26.3 Å². The minimum absolute atomic E-state index is 0.125. The summed E-state index contributed by atoms with van der Waals surface area (Å²) in [5.74, 6) is -1.22. The number of ether oxygens (including phenoxy) is 1. The highest BCUT2D eigenvalue weighted by molar-refractivity contribution is 6.07. The van der Waals surface area contributed by atoms with E-state index >= 15 is 0 Å². The maximum absolute atomic E-state index is 14.1. The first-order valence-corrected chi connectivity index (χ1v) is 11.5. The Kier molecular flexibility index (Phi) is 6.90. The molecule has 1 aliphatic heterocycles. The highest BCUT2D eigenvalue weighted by Crippen LogP contribution is 2.43. The van der Waals surface area contributed by atoms with Gasteiger partial charge in [0.1, 0.15) is 17.3 Å². The van der Waals surface area contributed by atoms with Crippen LogP contribution in [0.25, 0.3) is 10.8 Å². The molecule has 5 rings (SSSR count). The van der Waals surface area contributed by atoms with Crippen molar-refractivity contribution in [3.8, 4) is 11.5 Å². The Balaban J connectivity index is 1.44. The van der Waals surface area contributed by atoms with Crippen molar-refractivity contribution >= 4 is 45.4 Å². The van der Waals surface area contributed by atoms with Crippen LogP contribution >= 0.6 is 0 Å². The molecule has 1 unspecified atom stereocenters. The van der Waals surface area contributed by atoms with Gasteiger partial charge in [0.05, 0.1) is 16.9 Å². The van der Waals surface area contributed by atoms with Crippen molar-refractivity contribution in [1.82, 2.24) is 4.98 Å². The lowest BCUT2D eigenvalue weighted by Crippen LogP contribution is -2.41. The Morgan fingerprint density at radius 3 is 2.29 bits per heavy atom. The van der Waals surface area contributed by atoms with Gasteiger partial charge < -0.3 is 25.8 Å². The average molecular weight is 579 g/mol. The summed E-state index contributed by atoms with van der Waals surface area (Å²) in [6.45, 7) is 0. The van der Waals surface area contributed by atoms with Crippen LogP contribution in [-0.4, -0.2) is 34.2 Å². The van der Waals surface area contributed by atoms with E-state index in [9.17, 15) is 40.6 Å². The summed E-state index contributed by atoms with van der Waals surface area (Å²) in [5.41, 5.74) is -3.48. The number of urea groups is 1. The van der Waals surface area contributed by atoms with Crippen LogP contribution < -0.4 is 20.7 Å². The number of nitrogens with zero attached hydrogens (tertiary/aromatic N) is 2. The number of hydrogen-bond acceptors (Lipinski definition) is 6. The highest BCUT2D eigenvalue weighted by atomic mass is 19.4. The lowest BCUT2D eigenvalue weighted by atomic mass is 10.1. The van der Waals surface area contributed by atoms with Crippen LogP contribution in [0.1, 0.15) is 5.56 Å². The van der Waals surface area contributed by atoms with Gasteiger partial charge >= 0.3 is 18.4 Å². The Morgan fingerprint density at radius 2 is 1.59 bits per heavy atom. The molecule has 1 aliphatic rings. The van der Waals surface area contributed by atoms with Gasteiger partial charge in [0.25, 0.3) is 0 Å². The van der Waals surface area contributed by atoms with Gasteiger partial charge in [-0.05, 0) is 30.3 Å². The summed E-state index contributed by atoms with van der Waals surface area (Å²) in [6.07, 6.45) is -10.6. The Hall–Kier alpha value is -4.92. The smallest absolute Gasteiger partial charge is 0.433 e. The van der Waals surface area contributed by atoms with Gasteiger partial charge in [-0.1, -0.05) is 24.3 Å². The molecular weight excluding hydrogens is 563 g/mol. The van der Waals surface area contributed by atoms with Gasteiger partial charge in [0, 0.05) is 23.0 Å². The van der Waals surface area contributed by atoms with Crippen molar-refractivity contribution in [2.75, 3.05) is 16.0 Å². The number of anilines is 3. The molecule has 2 heterocycles. The van der Waals surface area contributed by atoms with Crippen LogP contribution in [0.15, 0.2) is 71.9 Å². The fraction of sp³-hybridized carbons (Fsp3) is 0.115. The number of aliphatic imine (C=N–C) groups is 1. The summed E-state index contributed by atoms with van der Waals surface area (Å²) in [4.78, 5) is 20.0. The number of amides is 2. The normalized spacial score (nSPS) is 15.0. The Labute approximate surface area is 225 Å². The molecule has 0 saturated carbocycles. The third-order valence-electron chi connectivity index (χ3n) is 5.84. The van der Waals surface area contributed by atoms with Crippen molar-refractivity contribution < 1.29 is 45.4 Å². The number of fused-ring (bicyclic) bond motifs is 2. The zero-order valence-corrected chi connectivity index (χ0v) is 20.2. The molecule has 0 bridgehead atoms. The van der Waals surface area contributed by atoms with E-state index in [2.05, 4.69) is 20.6 Å². The van der Waals surface area contributed by atoms with E-state index in [1.165, 1.54) is 24.4 Å². The van der Waals surface area contributed by atoms with Crippen molar-refractivity contribution in [2.24, 2.45) is 4.99 Å². The molecule has 1 aromatic heterocycles. The number of benzene rings is 3. The van der Waals surface area contributed by atoms with E-state index in [0.717, 1.165) is 0 Å². The van der Waals surface area contributed by atoms with Gasteiger partial charge in [-0.25, -0.2) is 19.2 Å². The molecule has 4 N–H and O–H groups in total. The third kappa shape index (κ3) is 5.70. The molecule has 212 valence electrons. The van der Waals surface area contributed by atoms with E-state index < -0.39 is 47.4 Å². The van der Waals surface area contributed by atoms with E-state index in [4.69, 9.17) is 4.74 Å². The zero-order chi connectivity index (χ0) is 29.5. The molecular formula is C26H16F7N5O3. The molecule has 2 amide bonds. The second-order valence-electron chi connectivity index (χ2n) is 8.58. The summed E-state index contributed by atoms with van der Waals surface area (Å²) in [7, 11) is 0. The SMILES string of the molecule is O=C(Nc1cc(C(F)(F)F)ccc1F)Nc1ccc(Oc2ccnc3c2N=C(C(F)(F)F)C(O)N3)c2ccccc12. The maximum Gasteiger partial charge on any atom is 0.433 e. The Bertz CT molecular complexity index is 1690. The second kappa shape index (κ2) is 10.2. The molecule has 1 atom stereocenters. The number of carbonyl (C=O) groups is 1. The van der Waals surface area contributed by atoms with E-state index in [1.807, 2.05) is 5.32 Å². The number of alkyl halides is 6. The number of aromatic nitrogens is 1. The molecule has 4 aromatic rings. The van der Waals surface area contributed by atoms with Crippen molar-refractivity contribution in [3.05, 3.63) is 78.2 Å². The fourth-order valence-electron chi connectivity index (χ4n) is 3.99. The van der Waals surface area contributed by atoms with E-state index in [-0.39, 0.29) is 28.7 Å². The zero-order valence-electron chi connectivity index (χ0n) is 20.2. The predicted octanol–water partition coefficient (Wildman–Crippen LogP) is 7.21. The van der Waals surface area contributed by atoms with Crippen LogP contribution in [0, 0.1) is 5.82 Å². The first kappa shape index (κ1) is 27.6. The quantitative estimate of drug-likeness (QED) is 0.191. The van der Waals surface area contributed by atoms with Crippen LogP contribution in [-0.2, 0) is 6.18 Å². The van der Waals surface area contributed by atoms with Gasteiger partial charge in [-0.15, -0.1) is 0 Å². The number of carbonyl (C=O) groups excluding carboxylic acids is 1. The Morgan fingerprint density at radius 1 is 0.878 bits per heavy atom. The monoisotopic (exact) mass is 579 g/mol. The highest BCUT2D eigenvalue weighted by Gasteiger charge is 2.43. The van der Waals surface area contributed by atoms with E-state index in [0.29, 0.717) is 29.0 Å². The first-order valence-electron chi connectivity index (χ1n) is 11.5. The maximum atomic E-state index is 14.1. The first-order chi connectivity index (χ1) is 19.3. The minimum Gasteiger partial charge on any atom is -0.454 e. The van der Waals surface area contributed by atoms with Crippen molar-refractivity contribution in [1.29, 1.82) is 0 Å². The number of aliphatic hydroxyl groups is 1. The number of rotatable bonds is 4. The summed E-state index contributed by atoms with van der Waals surface area (Å²) in [5, 5.41) is 17.2. The lowest BCUT2D eigenvalue weighted by molar-refractivity contribution is -0.137. The fourth-order valence-corrected chi connectivity index (χ4v) is 3.99. The average Bonchev–Trinajstić information content (AvgIpc) is 2.89. The lowest BCUT2D eigenvalue weighted by Gasteiger charge is -2.24. The number of halogens is 7. The number of hydrogen-bond donors (Lipinski definition) is 4. The van der Waals surface area contributed by atoms with Crippen LogP contribution in [0.2, 0.25) is 0 Å². The molecule has 15 heteroatoms. The molecule has 8 nitrogen and oxygen atoms in total. The largest absolute Gasteiger partial charge is 0.454 e. The molecule has 0 aliphatic carbocycles. The number of nitrogens with one attached hydrogen (secondary N) is 3. The third-order valence-corrected chi connectivity index (χ3v) is 5.84. The van der Waals surface area contributed by atoms with Gasteiger partial charge in [-0.3, -0.25) is 0 Å². The number of aliphatic hydroxyl groups excluding tert-OH is 1. The topological polar surface area (TPSA) is 108 Å². The van der Waals surface area contributed by atoms with E-state index in [1.54, 1.807) is 24.3 Å². The summed E-state index contributed by atoms with van der Waals surface area (Å²) in [6, 6.07) is 11.0. The number of pyridine rings is 1. The van der Waals surface area contributed by atoms with Crippen molar-refractivity contribution in [2.45, 2.75) is 18.6 Å². The summed E-state index contributed by atoms with van der Waals surface area (Å²) >= 11 is 0. The van der Waals surface area contributed by atoms with Crippen LogP contribution in [0.5, 0.6) is 11.5 Å². The standard InChI is InChI=1S/C26H16F7N5O3/c27-15-6-5-12(25(28,29)30)11-17(15)36-24(40)35-16-7-8-18(14-4-2-1-3-13(14)16)41-19-9-10-34-22-20(19)37-21(23(39)38-22)26(31,32)33/h1-11,23,39H,(H,34,38)(H2,35,36,40). The van der Waals surface area contributed by atoms with Crippen molar-refractivity contribution in [3.63, 3.8) is 0 Å². The molecule has 0 fully saturated rings. The molecule has 41 heavy (non-hydrogen) atoms. The van der Waals surface area contributed by atoms with Crippen LogP contribution in [0.3, 0.4) is 0 Å². The van der Waals surface area contributed by atoms with Gasteiger partial charge in [0.2, 0.25) is 0 Å². The minimum atomic E-state index is -4.94. The molecule has 3 aromatic carbocycles. The molecule has 0 saturated heterocycles. The van der Waals surface area contributed by atoms with Crippen LogP contribution in [0.4, 0.5) is 58.4 Å². The second-order valence-corrected chi connectivity index (χ2v) is 8.58.